The van der Waals surface area contributed by atoms with E-state index in [9.17, 15) is 19.4 Å². The van der Waals surface area contributed by atoms with Crippen molar-refractivity contribution < 1.29 is 32.9 Å². The predicted molar refractivity (Wildman–Crippen MR) is 320 cm³/mol. The van der Waals surface area contributed by atoms with Gasteiger partial charge in [-0.1, -0.05) is 223 Å². The van der Waals surface area contributed by atoms with Gasteiger partial charge < -0.3 is 28.8 Å². The van der Waals surface area contributed by atoms with Gasteiger partial charge in [-0.05, 0) is 122 Å². The smallest absolute Gasteiger partial charge is 0.268 e. The Morgan fingerprint density at radius 3 is 1.24 bits per heavy atom. The molecule has 0 aromatic heterocycles. The number of amides is 1. The molecule has 0 radical (unpaired) electrons. The van der Waals surface area contributed by atoms with E-state index in [1.807, 2.05) is 27.2 Å². The van der Waals surface area contributed by atoms with Crippen LogP contribution < -0.4 is 10.2 Å². The molecule has 9 heteroatoms. The minimum absolute atomic E-state index is 0.0207. The van der Waals surface area contributed by atoms with E-state index in [1.165, 1.54) is 19.3 Å². The number of unbranched alkanes of at least 4 members (excludes halogenated alkanes) is 10. The summed E-state index contributed by atoms with van der Waals surface area (Å²) in [5.74, 6) is -0.233. The van der Waals surface area contributed by atoms with Crippen molar-refractivity contribution in [3.05, 3.63) is 170 Å². The topological polar surface area (TPSA) is 108 Å². The minimum atomic E-state index is -4.62. The molecule has 0 aliphatic rings. The second-order valence-electron chi connectivity index (χ2n) is 19.5. The van der Waals surface area contributed by atoms with Crippen LogP contribution in [0.15, 0.2) is 170 Å². The number of aliphatic hydroxyl groups excluding tert-OH is 1. The molecule has 0 spiro atoms. The van der Waals surface area contributed by atoms with Crippen LogP contribution in [0, 0.1) is 0 Å². The Morgan fingerprint density at radius 1 is 0.486 bits per heavy atom. The molecule has 3 unspecified atom stereocenters. The van der Waals surface area contributed by atoms with Crippen molar-refractivity contribution in [1.82, 2.24) is 5.32 Å². The van der Waals surface area contributed by atoms with E-state index in [0.717, 1.165) is 135 Å². The number of quaternary nitrogens is 1. The van der Waals surface area contributed by atoms with E-state index >= 15 is 0 Å². The number of aliphatic hydroxyl groups is 1. The largest absolute Gasteiger partial charge is 0.756 e. The first-order valence-corrected chi connectivity index (χ1v) is 30.0. The summed E-state index contributed by atoms with van der Waals surface area (Å²) in [6.07, 6.45) is 85.9. The summed E-state index contributed by atoms with van der Waals surface area (Å²) in [5.41, 5.74) is 0. The lowest BCUT2D eigenvalue weighted by molar-refractivity contribution is -0.870. The Kier molecular flexibility index (Phi) is 50.7. The number of nitrogens with zero attached hydrogens (tertiary/aromatic N) is 1. The number of hydrogen-bond donors (Lipinski definition) is 2. The summed E-state index contributed by atoms with van der Waals surface area (Å²) in [5, 5.41) is 13.7. The van der Waals surface area contributed by atoms with Crippen molar-refractivity contribution >= 4 is 13.7 Å². The predicted octanol–water partition coefficient (Wildman–Crippen LogP) is 17.0. The summed E-state index contributed by atoms with van der Waals surface area (Å²) in [7, 11) is 1.20. The van der Waals surface area contributed by atoms with Crippen LogP contribution in [0.25, 0.3) is 0 Å². The van der Waals surface area contributed by atoms with Crippen LogP contribution in [-0.2, 0) is 18.4 Å². The highest BCUT2D eigenvalue weighted by Gasteiger charge is 2.23. The van der Waals surface area contributed by atoms with Gasteiger partial charge in [-0.3, -0.25) is 9.36 Å². The molecule has 0 aromatic rings. The van der Waals surface area contributed by atoms with E-state index in [0.29, 0.717) is 23.9 Å². The first-order valence-electron chi connectivity index (χ1n) is 28.5. The van der Waals surface area contributed by atoms with Crippen molar-refractivity contribution in [3.63, 3.8) is 0 Å². The number of carbonyl (C=O) groups is 1. The Balaban J connectivity index is 4.14. The number of hydrogen-bond acceptors (Lipinski definition) is 6. The van der Waals surface area contributed by atoms with Gasteiger partial charge in [0.15, 0.2) is 0 Å². The fraction of sp³-hybridized carbons (Fsp3) is 0.554. The minimum Gasteiger partial charge on any atom is -0.756 e. The lowest BCUT2D eigenvalue weighted by Gasteiger charge is -2.29. The Hall–Kier alpha value is -4.14. The molecule has 3 atom stereocenters. The fourth-order valence-corrected chi connectivity index (χ4v) is 7.68. The molecule has 0 bridgehead atoms. The molecule has 0 aliphatic carbocycles. The van der Waals surface area contributed by atoms with Gasteiger partial charge in [-0.25, -0.2) is 0 Å². The average molecular weight is 1040 g/mol. The number of nitrogens with one attached hydrogen (secondary N) is 1. The normalized spacial score (nSPS) is 15.2. The van der Waals surface area contributed by atoms with Crippen LogP contribution in [0.5, 0.6) is 0 Å². The molecular formula is C65H105N2O6P. The Labute approximate surface area is 453 Å². The second kappa shape index (κ2) is 53.7. The SMILES string of the molecule is CC/C=C\C/C=C\C/C=C\C/C=C\C/C=C\C/C=C\C/C=C\C/C=C\C/C=C\C/C=C\C/C=C\CCCCCCCCCC(=O)NC(COP(=O)([O-])OCC[N+](C)(C)C)C(O)/C=C/CC/C=C/CC/C=C/CCC. The third kappa shape index (κ3) is 55.6. The molecule has 0 aromatic carbocycles. The Morgan fingerprint density at radius 2 is 0.838 bits per heavy atom. The zero-order valence-electron chi connectivity index (χ0n) is 47.2. The molecule has 0 aliphatic heterocycles. The van der Waals surface area contributed by atoms with Crippen LogP contribution >= 0.6 is 7.82 Å². The summed E-state index contributed by atoms with van der Waals surface area (Å²) < 4.78 is 23.2. The van der Waals surface area contributed by atoms with Crippen LogP contribution in [0.3, 0.4) is 0 Å². The third-order valence-electron chi connectivity index (χ3n) is 11.4. The number of phosphoric acid groups is 1. The van der Waals surface area contributed by atoms with Gasteiger partial charge in [-0.15, -0.1) is 0 Å². The zero-order valence-corrected chi connectivity index (χ0v) is 48.1. The second-order valence-corrected chi connectivity index (χ2v) is 20.9. The first-order chi connectivity index (χ1) is 36.0. The van der Waals surface area contributed by atoms with Crippen LogP contribution in [0.2, 0.25) is 0 Å². The van der Waals surface area contributed by atoms with Gasteiger partial charge in [0.2, 0.25) is 5.91 Å². The van der Waals surface area contributed by atoms with Gasteiger partial charge in [0.1, 0.15) is 13.2 Å². The van der Waals surface area contributed by atoms with Crippen LogP contribution in [-0.4, -0.2) is 68.5 Å². The fourth-order valence-electron chi connectivity index (χ4n) is 6.96. The van der Waals surface area contributed by atoms with Crippen molar-refractivity contribution in [3.8, 4) is 0 Å². The molecule has 0 fully saturated rings. The molecule has 0 saturated heterocycles. The van der Waals surface area contributed by atoms with Crippen molar-refractivity contribution in [2.75, 3.05) is 40.9 Å². The standard InChI is InChI=1S/C65H105N2O6P/c1-6-8-10-12-14-16-18-19-20-21-22-23-24-25-26-27-28-29-30-31-32-33-34-35-36-37-38-39-40-41-42-43-44-45-46-47-49-51-53-55-57-59-65(69)66-63(62-73-74(70,71)72-61-60-67(3,4)5)64(68)58-56-54-52-50-48-17-15-13-11-9-7-2/h8,10-11,13-14,16,19-20,22-23,25-26,28-29,31-32,34-35,37-38,40-41,43-44,48,50,56,58,63-64,68H,6-7,9,12,15,17-18,21,24,27,30,33,36,39,42,45-47,49,51-55,57,59-62H2,1-5H3,(H-,66,69,70,71)/b10-8-,13-11+,16-14-,20-19-,23-22-,26-25-,29-28-,32-31-,35-34-,38-37-,41-40-,44-43-,50-48+,58-56+. The summed E-state index contributed by atoms with van der Waals surface area (Å²) in [4.78, 5) is 25.4. The molecule has 416 valence electrons. The highest BCUT2D eigenvalue weighted by atomic mass is 31.2. The van der Waals surface area contributed by atoms with Crippen molar-refractivity contribution in [1.29, 1.82) is 0 Å². The summed E-state index contributed by atoms with van der Waals surface area (Å²) in [6, 6.07) is -0.927. The maximum atomic E-state index is 12.9. The molecule has 2 N–H and O–H groups in total. The quantitative estimate of drug-likeness (QED) is 0.0272. The van der Waals surface area contributed by atoms with E-state index in [-0.39, 0.29) is 12.5 Å². The van der Waals surface area contributed by atoms with Gasteiger partial charge in [0.05, 0.1) is 39.9 Å². The Bertz CT molecular complexity index is 1800. The third-order valence-corrected chi connectivity index (χ3v) is 12.3. The van der Waals surface area contributed by atoms with E-state index in [1.54, 1.807) is 6.08 Å². The number of likely N-dealkylation sites (N-methyl/N-ethyl adjacent to an activating group) is 1. The summed E-state index contributed by atoms with van der Waals surface area (Å²) >= 11 is 0. The summed E-state index contributed by atoms with van der Waals surface area (Å²) in [6.45, 7) is 4.38. The average Bonchev–Trinajstić information content (AvgIpc) is 3.36. The zero-order chi connectivity index (χ0) is 54.2. The molecule has 0 heterocycles. The number of carbonyl (C=O) groups excluding carboxylic acids is 1. The van der Waals surface area contributed by atoms with E-state index in [2.05, 4.69) is 177 Å². The van der Waals surface area contributed by atoms with Gasteiger partial charge in [0.25, 0.3) is 7.82 Å². The first kappa shape index (κ1) is 69.9. The van der Waals surface area contributed by atoms with Crippen molar-refractivity contribution in [2.45, 2.75) is 193 Å². The molecule has 74 heavy (non-hydrogen) atoms. The highest BCUT2D eigenvalue weighted by Crippen LogP contribution is 2.38. The molecule has 8 nitrogen and oxygen atoms in total. The van der Waals surface area contributed by atoms with Gasteiger partial charge in [0, 0.05) is 6.42 Å². The number of allylic oxidation sites excluding steroid dienone is 27. The maximum Gasteiger partial charge on any atom is 0.268 e. The molecular weight excluding hydrogens is 936 g/mol. The van der Waals surface area contributed by atoms with E-state index in [4.69, 9.17) is 9.05 Å². The van der Waals surface area contributed by atoms with E-state index < -0.39 is 26.6 Å². The highest BCUT2D eigenvalue weighted by molar-refractivity contribution is 7.45. The lowest BCUT2D eigenvalue weighted by atomic mass is 10.1. The van der Waals surface area contributed by atoms with Gasteiger partial charge in [-0.2, -0.15) is 0 Å². The molecule has 0 saturated carbocycles. The molecule has 0 rings (SSSR count). The number of phosphoric ester groups is 1. The number of rotatable bonds is 49. The lowest BCUT2D eigenvalue weighted by Crippen LogP contribution is -2.45. The van der Waals surface area contributed by atoms with Crippen LogP contribution in [0.4, 0.5) is 0 Å². The molecule has 1 amide bonds. The monoisotopic (exact) mass is 1040 g/mol. The van der Waals surface area contributed by atoms with Crippen LogP contribution in [0.1, 0.15) is 181 Å². The van der Waals surface area contributed by atoms with Crippen molar-refractivity contribution in [2.24, 2.45) is 0 Å². The van der Waals surface area contributed by atoms with Gasteiger partial charge >= 0.3 is 0 Å². The maximum absolute atomic E-state index is 12.9.